The van der Waals surface area contributed by atoms with E-state index in [-0.39, 0.29) is 45.7 Å². The van der Waals surface area contributed by atoms with E-state index in [1.807, 2.05) is 72.8 Å². The monoisotopic (exact) mass is 620 g/mol. The van der Waals surface area contributed by atoms with Crippen molar-refractivity contribution in [3.05, 3.63) is 170 Å². The Balaban J connectivity index is 1.36. The van der Waals surface area contributed by atoms with Crippen LogP contribution in [0, 0.1) is 0 Å². The number of hydrogen-bond donors (Lipinski definition) is 0. The van der Waals surface area contributed by atoms with E-state index >= 15 is 0 Å². The summed E-state index contributed by atoms with van der Waals surface area (Å²) in [6.45, 7) is 0. The first-order valence-corrected chi connectivity index (χ1v) is 16.3. The van der Waals surface area contributed by atoms with Crippen LogP contribution >= 0.6 is 11.3 Å². The molecule has 218 valence electrons. The second-order valence-corrected chi connectivity index (χ2v) is 12.9. The van der Waals surface area contributed by atoms with E-state index in [1.54, 1.807) is 11.3 Å². The number of fused-ring (bicyclic) bond motifs is 7. The van der Waals surface area contributed by atoms with E-state index in [0.717, 1.165) is 52.8 Å². The van der Waals surface area contributed by atoms with Gasteiger partial charge in [-0.3, -0.25) is 0 Å². The molecule has 0 atom stereocenters. The molecule has 0 saturated carbocycles. The lowest BCUT2D eigenvalue weighted by Crippen LogP contribution is -1.91. The highest BCUT2D eigenvalue weighted by molar-refractivity contribution is 7.25. The van der Waals surface area contributed by atoms with Crippen molar-refractivity contribution < 1.29 is 11.0 Å². The number of benzene rings is 9. The van der Waals surface area contributed by atoms with E-state index in [1.165, 1.54) is 0 Å². The van der Waals surface area contributed by atoms with Crippen molar-refractivity contribution in [2.45, 2.75) is 0 Å². The lowest BCUT2D eigenvalue weighted by atomic mass is 9.84. The Morgan fingerprint density at radius 1 is 0.362 bits per heavy atom. The maximum absolute atomic E-state index is 9.43. The minimum absolute atomic E-state index is 0.205. The molecule has 0 bridgehead atoms. The summed E-state index contributed by atoms with van der Waals surface area (Å²) in [6, 6.07) is 37.5. The largest absolute Gasteiger partial charge is 0.135 e. The number of rotatable bonds is 3. The molecule has 0 amide bonds. The quantitative estimate of drug-likeness (QED) is 0.172. The molecular weight excluding hydrogens is 585 g/mol. The third kappa shape index (κ3) is 4.07. The van der Waals surface area contributed by atoms with Crippen molar-refractivity contribution >= 4 is 74.6 Å². The van der Waals surface area contributed by atoms with Crippen LogP contribution in [0.1, 0.15) is 11.0 Å². The van der Waals surface area contributed by atoms with Gasteiger partial charge in [-0.25, -0.2) is 0 Å². The molecule has 10 aromatic rings. The molecule has 0 nitrogen and oxygen atoms in total. The molecule has 0 saturated heterocycles. The van der Waals surface area contributed by atoms with Gasteiger partial charge < -0.3 is 0 Å². The Morgan fingerprint density at radius 2 is 0.936 bits per heavy atom. The van der Waals surface area contributed by atoms with Gasteiger partial charge in [-0.2, -0.15) is 0 Å². The second-order valence-electron chi connectivity index (χ2n) is 11.8. The van der Waals surface area contributed by atoms with Crippen LogP contribution in [0.2, 0.25) is 0 Å². The zero-order valence-corrected chi connectivity index (χ0v) is 25.8. The van der Waals surface area contributed by atoms with E-state index < -0.39 is 24.2 Å². The SMILES string of the molecule is [2H]c1c([2H])c([2H])c2c(-c3cccc4cc5c(cc34)sc3ccccc35)c3c([2H])c([2H])c([2H])c([2H])c3c(-c3ccc(-c4cccc5ccccc45)cc3)c2c1[2H]. The molecular formula is C46H28S. The topological polar surface area (TPSA) is 0 Å². The van der Waals surface area contributed by atoms with Gasteiger partial charge in [0.15, 0.2) is 0 Å². The van der Waals surface area contributed by atoms with Gasteiger partial charge in [0, 0.05) is 20.2 Å². The first kappa shape index (κ1) is 19.7. The summed E-state index contributed by atoms with van der Waals surface area (Å²) >= 11 is 1.66. The third-order valence-corrected chi connectivity index (χ3v) is 10.4. The minimum atomic E-state index is -0.415. The van der Waals surface area contributed by atoms with Crippen molar-refractivity contribution in [2.75, 3.05) is 0 Å². The van der Waals surface area contributed by atoms with Crippen LogP contribution in [0.4, 0.5) is 0 Å². The van der Waals surface area contributed by atoms with Crippen LogP contribution in [0.5, 0.6) is 0 Å². The van der Waals surface area contributed by atoms with Gasteiger partial charge in [-0.1, -0.05) is 151 Å². The highest BCUT2D eigenvalue weighted by Gasteiger charge is 2.19. The van der Waals surface area contributed by atoms with Gasteiger partial charge >= 0.3 is 0 Å². The molecule has 1 heterocycles. The predicted octanol–water partition coefficient (Wildman–Crippen LogP) is 13.7. The molecule has 0 aliphatic heterocycles. The van der Waals surface area contributed by atoms with E-state index in [0.29, 0.717) is 22.3 Å². The molecule has 0 aliphatic rings. The summed E-state index contributed by atoms with van der Waals surface area (Å²) in [5.41, 5.74) is 3.86. The molecule has 0 aliphatic carbocycles. The van der Waals surface area contributed by atoms with E-state index in [4.69, 9.17) is 5.48 Å². The molecule has 0 spiro atoms. The van der Waals surface area contributed by atoms with Gasteiger partial charge in [0.05, 0.1) is 11.0 Å². The van der Waals surface area contributed by atoms with Crippen molar-refractivity contribution in [2.24, 2.45) is 0 Å². The van der Waals surface area contributed by atoms with Crippen LogP contribution in [-0.4, -0.2) is 0 Å². The number of thiophene rings is 1. The Bertz CT molecular complexity index is 3210. The Kier molecular flexibility index (Phi) is 4.35. The fraction of sp³-hybridized carbons (Fsp3) is 0. The van der Waals surface area contributed by atoms with Gasteiger partial charge in [0.1, 0.15) is 0 Å². The normalized spacial score (nSPS) is 14.2. The summed E-state index contributed by atoms with van der Waals surface area (Å²) in [7, 11) is 0. The minimum Gasteiger partial charge on any atom is -0.135 e. The Morgan fingerprint density at radius 3 is 1.68 bits per heavy atom. The first-order chi connectivity index (χ1) is 26.6. The van der Waals surface area contributed by atoms with Gasteiger partial charge in [-0.05, 0) is 94.7 Å². The van der Waals surface area contributed by atoms with Gasteiger partial charge in [-0.15, -0.1) is 11.3 Å². The molecule has 47 heavy (non-hydrogen) atoms. The highest BCUT2D eigenvalue weighted by Crippen LogP contribution is 2.47. The maximum Gasteiger partial charge on any atom is 0.0629 e. The van der Waals surface area contributed by atoms with Crippen molar-refractivity contribution in [3.8, 4) is 33.4 Å². The summed E-state index contributed by atoms with van der Waals surface area (Å²) in [5.74, 6) is 0. The van der Waals surface area contributed by atoms with Crippen LogP contribution in [-0.2, 0) is 0 Å². The molecule has 1 heteroatoms. The number of hydrogen-bond acceptors (Lipinski definition) is 1. The lowest BCUT2D eigenvalue weighted by Gasteiger charge is -2.19. The van der Waals surface area contributed by atoms with Crippen LogP contribution < -0.4 is 0 Å². The van der Waals surface area contributed by atoms with Crippen molar-refractivity contribution in [1.29, 1.82) is 0 Å². The van der Waals surface area contributed by atoms with E-state index in [2.05, 4.69) is 48.5 Å². The molecule has 10 rings (SSSR count). The van der Waals surface area contributed by atoms with Crippen LogP contribution in [0.15, 0.2) is 170 Å². The first-order valence-electron chi connectivity index (χ1n) is 19.5. The Hall–Kier alpha value is -5.76. The average Bonchev–Trinajstić information content (AvgIpc) is 3.58. The fourth-order valence-electron chi connectivity index (χ4n) is 7.19. The summed E-state index contributed by atoms with van der Waals surface area (Å²) in [6.07, 6.45) is 0. The lowest BCUT2D eigenvalue weighted by molar-refractivity contribution is 1.63. The summed E-state index contributed by atoms with van der Waals surface area (Å²) in [5, 5.41) is 6.99. The predicted molar refractivity (Wildman–Crippen MR) is 206 cm³/mol. The van der Waals surface area contributed by atoms with Crippen molar-refractivity contribution in [3.63, 3.8) is 0 Å². The molecule has 1 aromatic heterocycles. The summed E-state index contributed by atoms with van der Waals surface area (Å²) in [4.78, 5) is 0. The smallest absolute Gasteiger partial charge is 0.0629 e. The summed E-state index contributed by atoms with van der Waals surface area (Å²) < 4.78 is 75.2. The fourth-order valence-corrected chi connectivity index (χ4v) is 8.32. The Labute approximate surface area is 288 Å². The van der Waals surface area contributed by atoms with Gasteiger partial charge in [0.2, 0.25) is 0 Å². The maximum atomic E-state index is 9.43. The molecule has 0 radical (unpaired) electrons. The molecule has 0 N–H and O–H groups in total. The zero-order chi connectivity index (χ0) is 37.9. The van der Waals surface area contributed by atoms with Gasteiger partial charge in [0.25, 0.3) is 0 Å². The highest BCUT2D eigenvalue weighted by atomic mass is 32.1. The van der Waals surface area contributed by atoms with Crippen LogP contribution in [0.25, 0.3) is 96.6 Å². The van der Waals surface area contributed by atoms with Crippen molar-refractivity contribution in [1.82, 2.24) is 0 Å². The standard InChI is InChI=1S/C46H28S/c1-2-14-33-29(11-1)12-9-20-34(33)30-23-25-31(26-24-30)45-36-16-3-5-18-38(36)46(39-19-6-4-17-37(39)45)40-21-10-13-32-27-42-35-15-7-8-22-43(35)47-44(42)28-41(32)40/h1-28H/i3D,4D,5D,6D,16D,17D,18D,19D. The molecule has 0 unspecified atom stereocenters. The zero-order valence-electron chi connectivity index (χ0n) is 33.0. The average molecular weight is 621 g/mol. The van der Waals surface area contributed by atoms with Crippen LogP contribution in [0.3, 0.4) is 0 Å². The molecule has 0 fully saturated rings. The second kappa shape index (κ2) is 10.4. The molecule has 9 aromatic carbocycles. The third-order valence-electron chi connectivity index (χ3n) is 9.30. The van der Waals surface area contributed by atoms with E-state index in [9.17, 15) is 5.48 Å².